The maximum absolute atomic E-state index is 12.1. The molecule has 0 spiro atoms. The SMILES string of the molecule is CN(Cc1ccco1)C(=O)COC(=O)c1ccc(-c2ccc([N+](=O)[O-])cc2)o1. The quantitative estimate of drug-likeness (QED) is 0.349. The lowest BCUT2D eigenvalue weighted by molar-refractivity contribution is -0.384. The standard InChI is InChI=1S/C19H16N2O7/c1-20(11-15-3-2-10-26-15)18(22)12-27-19(23)17-9-8-16(28-17)13-4-6-14(7-5-13)21(24)25/h2-10H,11-12H2,1H3. The largest absolute Gasteiger partial charge is 0.467 e. The summed E-state index contributed by atoms with van der Waals surface area (Å²) in [7, 11) is 1.57. The van der Waals surface area contributed by atoms with Crippen LogP contribution in [0.5, 0.6) is 0 Å². The lowest BCUT2D eigenvalue weighted by Crippen LogP contribution is -2.30. The van der Waals surface area contributed by atoms with Gasteiger partial charge in [-0.25, -0.2) is 4.79 Å². The molecule has 0 aliphatic carbocycles. The monoisotopic (exact) mass is 384 g/mol. The van der Waals surface area contributed by atoms with Crippen LogP contribution in [0.2, 0.25) is 0 Å². The Morgan fingerprint density at radius 3 is 2.54 bits per heavy atom. The number of nitrogens with zero attached hydrogens (tertiary/aromatic N) is 2. The van der Waals surface area contributed by atoms with Crippen LogP contribution in [0.15, 0.2) is 63.6 Å². The number of carbonyl (C=O) groups is 2. The molecule has 2 heterocycles. The van der Waals surface area contributed by atoms with Crippen LogP contribution in [-0.4, -0.2) is 35.4 Å². The Morgan fingerprint density at radius 2 is 1.89 bits per heavy atom. The van der Waals surface area contributed by atoms with Gasteiger partial charge in [-0.05, 0) is 36.4 Å². The van der Waals surface area contributed by atoms with Crippen LogP contribution in [0.3, 0.4) is 0 Å². The van der Waals surface area contributed by atoms with Crippen molar-refractivity contribution in [3.05, 3.63) is 76.4 Å². The summed E-state index contributed by atoms with van der Waals surface area (Å²) in [6, 6.07) is 12.1. The first-order valence-electron chi connectivity index (χ1n) is 8.22. The molecule has 9 nitrogen and oxygen atoms in total. The predicted molar refractivity (Wildman–Crippen MR) is 96.3 cm³/mol. The molecule has 3 aromatic rings. The molecule has 0 N–H and O–H groups in total. The van der Waals surface area contributed by atoms with Gasteiger partial charge in [-0.1, -0.05) is 0 Å². The number of amides is 1. The molecule has 0 saturated carbocycles. The van der Waals surface area contributed by atoms with Crippen molar-refractivity contribution in [1.82, 2.24) is 4.90 Å². The zero-order valence-corrected chi connectivity index (χ0v) is 14.9. The molecule has 0 bridgehead atoms. The van der Waals surface area contributed by atoms with Crippen molar-refractivity contribution in [3.8, 4) is 11.3 Å². The molecule has 1 amide bonds. The van der Waals surface area contributed by atoms with E-state index in [9.17, 15) is 19.7 Å². The van der Waals surface area contributed by atoms with Gasteiger partial charge in [-0.3, -0.25) is 14.9 Å². The second-order valence-electron chi connectivity index (χ2n) is 5.87. The predicted octanol–water partition coefficient (Wildman–Crippen LogP) is 3.26. The smallest absolute Gasteiger partial charge is 0.374 e. The molecule has 0 saturated heterocycles. The molecule has 2 aromatic heterocycles. The summed E-state index contributed by atoms with van der Waals surface area (Å²) in [5.41, 5.74) is 0.519. The van der Waals surface area contributed by atoms with Gasteiger partial charge in [0.2, 0.25) is 5.76 Å². The molecule has 3 rings (SSSR count). The number of hydrogen-bond acceptors (Lipinski definition) is 7. The van der Waals surface area contributed by atoms with Gasteiger partial charge in [0.15, 0.2) is 6.61 Å². The van der Waals surface area contributed by atoms with Gasteiger partial charge in [0, 0.05) is 24.7 Å². The van der Waals surface area contributed by atoms with E-state index in [1.54, 1.807) is 25.2 Å². The first kappa shape index (κ1) is 18.9. The highest BCUT2D eigenvalue weighted by Crippen LogP contribution is 2.24. The highest BCUT2D eigenvalue weighted by atomic mass is 16.6. The van der Waals surface area contributed by atoms with Crippen LogP contribution in [-0.2, 0) is 16.1 Å². The topological polar surface area (TPSA) is 116 Å². The number of carbonyl (C=O) groups excluding carboxylic acids is 2. The number of benzene rings is 1. The van der Waals surface area contributed by atoms with E-state index in [1.807, 2.05) is 0 Å². The molecule has 0 aliphatic heterocycles. The lowest BCUT2D eigenvalue weighted by atomic mass is 10.1. The summed E-state index contributed by atoms with van der Waals surface area (Å²) in [5, 5.41) is 10.7. The van der Waals surface area contributed by atoms with Gasteiger partial charge in [0.05, 0.1) is 17.7 Å². The minimum atomic E-state index is -0.784. The molecule has 0 fully saturated rings. The van der Waals surface area contributed by atoms with Gasteiger partial charge in [0.1, 0.15) is 11.5 Å². The third-order valence-corrected chi connectivity index (χ3v) is 3.90. The fourth-order valence-corrected chi connectivity index (χ4v) is 2.38. The molecule has 0 aliphatic rings. The van der Waals surface area contributed by atoms with Crippen molar-refractivity contribution < 1.29 is 28.1 Å². The van der Waals surface area contributed by atoms with Gasteiger partial charge in [-0.2, -0.15) is 0 Å². The number of ether oxygens (including phenoxy) is 1. The number of nitro benzene ring substituents is 1. The van der Waals surface area contributed by atoms with Crippen molar-refractivity contribution in [2.45, 2.75) is 6.54 Å². The van der Waals surface area contributed by atoms with Crippen LogP contribution < -0.4 is 0 Å². The number of esters is 1. The van der Waals surface area contributed by atoms with E-state index in [1.165, 1.54) is 41.5 Å². The van der Waals surface area contributed by atoms with E-state index in [0.29, 0.717) is 17.1 Å². The summed E-state index contributed by atoms with van der Waals surface area (Å²) in [5.74, 6) is -0.293. The highest BCUT2D eigenvalue weighted by Gasteiger charge is 2.18. The summed E-state index contributed by atoms with van der Waals surface area (Å²) in [4.78, 5) is 35.7. The van der Waals surface area contributed by atoms with Gasteiger partial charge in [-0.15, -0.1) is 0 Å². The van der Waals surface area contributed by atoms with Gasteiger partial charge in [0.25, 0.3) is 11.6 Å². The third-order valence-electron chi connectivity index (χ3n) is 3.90. The van der Waals surface area contributed by atoms with Crippen LogP contribution in [0.25, 0.3) is 11.3 Å². The summed E-state index contributed by atoms with van der Waals surface area (Å²) in [6.07, 6.45) is 1.51. The van der Waals surface area contributed by atoms with Crippen molar-refractivity contribution in [1.29, 1.82) is 0 Å². The second kappa shape index (κ2) is 8.21. The zero-order chi connectivity index (χ0) is 20.1. The van der Waals surface area contributed by atoms with E-state index >= 15 is 0 Å². The summed E-state index contributed by atoms with van der Waals surface area (Å²) < 4.78 is 15.6. The minimum absolute atomic E-state index is 0.0490. The average molecular weight is 384 g/mol. The van der Waals surface area contributed by atoms with E-state index < -0.39 is 23.4 Å². The van der Waals surface area contributed by atoms with Crippen LogP contribution >= 0.6 is 0 Å². The molecule has 0 atom stereocenters. The Bertz CT molecular complexity index is 974. The zero-order valence-electron chi connectivity index (χ0n) is 14.9. The van der Waals surface area contributed by atoms with E-state index in [2.05, 4.69) is 0 Å². The molecule has 9 heteroatoms. The minimum Gasteiger partial charge on any atom is -0.467 e. The van der Waals surface area contributed by atoms with Crippen LogP contribution in [0.4, 0.5) is 5.69 Å². The lowest BCUT2D eigenvalue weighted by Gasteiger charge is -2.15. The summed E-state index contributed by atoms with van der Waals surface area (Å²) >= 11 is 0. The first-order chi connectivity index (χ1) is 13.4. The maximum atomic E-state index is 12.1. The molecule has 0 unspecified atom stereocenters. The molecular weight excluding hydrogens is 368 g/mol. The number of likely N-dealkylation sites (N-methyl/N-ethyl adjacent to an activating group) is 1. The van der Waals surface area contributed by atoms with E-state index in [0.717, 1.165) is 0 Å². The number of non-ortho nitro benzene ring substituents is 1. The van der Waals surface area contributed by atoms with Crippen molar-refractivity contribution in [3.63, 3.8) is 0 Å². The molecule has 28 heavy (non-hydrogen) atoms. The number of nitro groups is 1. The summed E-state index contributed by atoms with van der Waals surface area (Å²) in [6.45, 7) is -0.183. The Labute approximate surface area is 159 Å². The fourth-order valence-electron chi connectivity index (χ4n) is 2.38. The molecular formula is C19H16N2O7. The van der Waals surface area contributed by atoms with Crippen LogP contribution in [0.1, 0.15) is 16.3 Å². The Morgan fingerprint density at radius 1 is 1.14 bits per heavy atom. The Balaban J connectivity index is 1.56. The number of hydrogen-bond donors (Lipinski definition) is 0. The van der Waals surface area contributed by atoms with Crippen molar-refractivity contribution in [2.24, 2.45) is 0 Å². The van der Waals surface area contributed by atoms with Crippen molar-refractivity contribution in [2.75, 3.05) is 13.7 Å². The Kier molecular flexibility index (Phi) is 5.54. The van der Waals surface area contributed by atoms with E-state index in [4.69, 9.17) is 13.6 Å². The van der Waals surface area contributed by atoms with Gasteiger partial charge >= 0.3 is 5.97 Å². The van der Waals surface area contributed by atoms with Gasteiger partial charge < -0.3 is 18.5 Å². The molecule has 144 valence electrons. The Hall–Kier alpha value is -3.88. The number of furan rings is 2. The third kappa shape index (κ3) is 4.44. The van der Waals surface area contributed by atoms with Crippen molar-refractivity contribution >= 4 is 17.6 Å². The average Bonchev–Trinajstić information content (AvgIpc) is 3.38. The second-order valence-corrected chi connectivity index (χ2v) is 5.87. The molecule has 0 radical (unpaired) electrons. The maximum Gasteiger partial charge on any atom is 0.374 e. The molecule has 1 aromatic carbocycles. The number of rotatable bonds is 7. The fraction of sp³-hybridized carbons (Fsp3) is 0.158. The van der Waals surface area contributed by atoms with Crippen LogP contribution in [0, 0.1) is 10.1 Å². The normalized spacial score (nSPS) is 10.5. The first-order valence-corrected chi connectivity index (χ1v) is 8.22. The highest BCUT2D eigenvalue weighted by molar-refractivity contribution is 5.89. The van der Waals surface area contributed by atoms with E-state index in [-0.39, 0.29) is 18.0 Å².